The summed E-state index contributed by atoms with van der Waals surface area (Å²) in [5.74, 6) is 0. The molecule has 1 aromatic carbocycles. The number of nitrogens with one attached hydrogen (secondary N) is 2. The summed E-state index contributed by atoms with van der Waals surface area (Å²) in [5.41, 5.74) is 12.7. The van der Waals surface area contributed by atoms with Crippen molar-refractivity contribution in [1.82, 2.24) is 20.2 Å². The van der Waals surface area contributed by atoms with Crippen molar-refractivity contribution in [1.29, 1.82) is 0 Å². The Balaban J connectivity index is 1.64. The molecule has 0 spiro atoms. The Kier molecular flexibility index (Phi) is 4.95. The Morgan fingerprint density at radius 1 is 1.19 bits per heavy atom. The third-order valence-electron chi connectivity index (χ3n) is 5.38. The molecule has 0 unspecified atom stereocenters. The van der Waals surface area contributed by atoms with Crippen LogP contribution >= 0.6 is 11.3 Å². The summed E-state index contributed by atoms with van der Waals surface area (Å²) in [7, 11) is 0. The minimum absolute atomic E-state index is 0.197. The zero-order valence-corrected chi connectivity index (χ0v) is 18.1. The van der Waals surface area contributed by atoms with Gasteiger partial charge in [0.05, 0.1) is 11.4 Å². The number of rotatable bonds is 5. The number of thiophene rings is 1. The second kappa shape index (κ2) is 7.94. The van der Waals surface area contributed by atoms with Crippen molar-refractivity contribution in [2.75, 3.05) is 0 Å². The molecule has 5 nitrogen and oxygen atoms in total. The molecule has 158 valence electrons. The first kappa shape index (κ1) is 20.0. The van der Waals surface area contributed by atoms with E-state index < -0.39 is 0 Å². The van der Waals surface area contributed by atoms with Gasteiger partial charge in [0.1, 0.15) is 0 Å². The number of nitrogens with two attached hydrogens (primary N) is 1. The molecule has 0 fully saturated rings. The fraction of sp³-hybridized carbons (Fsp3) is 0.0400. The van der Waals surface area contributed by atoms with Gasteiger partial charge in [-0.05, 0) is 55.0 Å². The lowest BCUT2D eigenvalue weighted by Gasteiger charge is -2.04. The molecule has 0 radical (unpaired) electrons. The Labute approximate surface area is 187 Å². The van der Waals surface area contributed by atoms with Gasteiger partial charge < -0.3 is 10.7 Å². The molecular formula is C25H20FN5S. The van der Waals surface area contributed by atoms with Crippen molar-refractivity contribution in [2.24, 2.45) is 5.73 Å². The molecular weight excluding hydrogens is 421 g/mol. The molecule has 0 saturated heterocycles. The number of nitrogens with zero attached hydrogens (tertiary/aromatic N) is 2. The third-order valence-corrected chi connectivity index (χ3v) is 6.29. The lowest BCUT2D eigenvalue weighted by Crippen LogP contribution is -1.93. The highest BCUT2D eigenvalue weighted by molar-refractivity contribution is 7.14. The molecule has 5 rings (SSSR count). The van der Waals surface area contributed by atoms with Crippen LogP contribution in [0.5, 0.6) is 0 Å². The number of hydrogen-bond acceptors (Lipinski definition) is 4. The smallest absolute Gasteiger partial charge is 0.181 e. The Morgan fingerprint density at radius 3 is 2.81 bits per heavy atom. The first-order valence-electron chi connectivity index (χ1n) is 10.1. The highest BCUT2D eigenvalue weighted by Crippen LogP contribution is 2.36. The molecule has 0 aliphatic rings. The summed E-state index contributed by atoms with van der Waals surface area (Å²) < 4.78 is 13.6. The summed E-state index contributed by atoms with van der Waals surface area (Å²) in [5, 5.41) is 9.20. The second-order valence-electron chi connectivity index (χ2n) is 7.34. The maximum absolute atomic E-state index is 13.6. The highest BCUT2D eigenvalue weighted by atomic mass is 32.1. The number of pyridine rings is 1. The standard InChI is InChI=1S/C25H20FN5S/c1-3-14(10-16(27)4-2)15-11-19-24(30-31-25(19)28-13-15)21-12-18-17(6-5-7-20(18)29-21)22-8-9-23(26)32-22/h3-13,29H,2,27H2,1H3,(H,28,30,31)/b14-3+,16-10+. The predicted molar refractivity (Wildman–Crippen MR) is 131 cm³/mol. The summed E-state index contributed by atoms with van der Waals surface area (Å²) in [6.07, 6.45) is 7.24. The van der Waals surface area contributed by atoms with E-state index in [2.05, 4.69) is 32.8 Å². The van der Waals surface area contributed by atoms with Crippen molar-refractivity contribution in [3.63, 3.8) is 0 Å². The number of allylic oxidation sites excluding steroid dienone is 4. The number of benzene rings is 1. The molecule has 0 saturated carbocycles. The van der Waals surface area contributed by atoms with E-state index in [4.69, 9.17) is 5.73 Å². The Hall–Kier alpha value is -3.97. The quantitative estimate of drug-likeness (QED) is 0.276. The normalized spacial score (nSPS) is 12.7. The molecule has 5 aromatic rings. The van der Waals surface area contributed by atoms with E-state index in [1.165, 1.54) is 6.07 Å². The zero-order chi connectivity index (χ0) is 22.2. The zero-order valence-electron chi connectivity index (χ0n) is 17.3. The highest BCUT2D eigenvalue weighted by Gasteiger charge is 2.15. The van der Waals surface area contributed by atoms with Crippen molar-refractivity contribution >= 4 is 38.8 Å². The predicted octanol–water partition coefficient (Wildman–Crippen LogP) is 6.41. The van der Waals surface area contributed by atoms with Gasteiger partial charge in [0.25, 0.3) is 0 Å². The molecule has 32 heavy (non-hydrogen) atoms. The molecule has 0 bridgehead atoms. The van der Waals surface area contributed by atoms with Gasteiger partial charge in [-0.2, -0.15) is 9.49 Å². The van der Waals surface area contributed by atoms with Crippen LogP contribution < -0.4 is 5.73 Å². The molecule has 4 N–H and O–H groups in total. The lowest BCUT2D eigenvalue weighted by atomic mass is 10.0. The van der Waals surface area contributed by atoms with Crippen molar-refractivity contribution in [2.45, 2.75) is 6.92 Å². The lowest BCUT2D eigenvalue weighted by molar-refractivity contribution is 0.657. The third kappa shape index (κ3) is 3.42. The number of halogens is 1. The fourth-order valence-corrected chi connectivity index (χ4v) is 4.57. The molecule has 4 aromatic heterocycles. The molecule has 7 heteroatoms. The van der Waals surface area contributed by atoms with E-state index in [0.29, 0.717) is 11.3 Å². The van der Waals surface area contributed by atoms with Crippen molar-refractivity contribution < 1.29 is 4.39 Å². The summed E-state index contributed by atoms with van der Waals surface area (Å²) in [6.45, 7) is 5.67. The SMILES string of the molecule is C=C/C(N)=C\C(=C/C)c1cnc2n[nH]c(-c3cc4c(-c5ccc(F)s5)cccc4[nH]3)c2c1. The van der Waals surface area contributed by atoms with Crippen LogP contribution in [0.25, 0.3) is 49.3 Å². The van der Waals surface area contributed by atoms with Crippen molar-refractivity contribution in [3.8, 4) is 21.8 Å². The van der Waals surface area contributed by atoms with E-state index in [-0.39, 0.29) is 5.13 Å². The maximum Gasteiger partial charge on any atom is 0.181 e. The molecule has 0 aliphatic heterocycles. The van der Waals surface area contributed by atoms with E-state index in [1.807, 2.05) is 49.4 Å². The number of fused-ring (bicyclic) bond motifs is 2. The van der Waals surface area contributed by atoms with E-state index in [0.717, 1.165) is 60.6 Å². The largest absolute Gasteiger partial charge is 0.399 e. The van der Waals surface area contributed by atoms with Gasteiger partial charge >= 0.3 is 0 Å². The first-order valence-corrected chi connectivity index (χ1v) is 10.9. The number of hydrogen-bond donors (Lipinski definition) is 3. The minimum atomic E-state index is -0.197. The van der Waals surface area contributed by atoms with Gasteiger partial charge in [0.2, 0.25) is 0 Å². The maximum atomic E-state index is 13.6. The monoisotopic (exact) mass is 441 g/mol. The van der Waals surface area contributed by atoms with Crippen LogP contribution in [0.1, 0.15) is 12.5 Å². The van der Waals surface area contributed by atoms with Crippen molar-refractivity contribution in [3.05, 3.63) is 89.9 Å². The number of aromatic nitrogens is 4. The van der Waals surface area contributed by atoms with Gasteiger partial charge in [0.15, 0.2) is 10.8 Å². The van der Waals surface area contributed by atoms with Crippen LogP contribution in [-0.2, 0) is 0 Å². The van der Waals surface area contributed by atoms with Crippen LogP contribution in [0.3, 0.4) is 0 Å². The molecule has 4 heterocycles. The molecule has 0 amide bonds. The summed E-state index contributed by atoms with van der Waals surface area (Å²) in [6, 6.07) is 13.4. The second-order valence-corrected chi connectivity index (χ2v) is 8.37. The van der Waals surface area contributed by atoms with Gasteiger partial charge in [-0.25, -0.2) is 4.98 Å². The van der Waals surface area contributed by atoms with Crippen LogP contribution in [0.15, 0.2) is 79.2 Å². The van der Waals surface area contributed by atoms with E-state index in [1.54, 1.807) is 12.3 Å². The van der Waals surface area contributed by atoms with Crippen LogP contribution in [0.2, 0.25) is 0 Å². The number of H-pyrrole nitrogens is 2. The topological polar surface area (TPSA) is 83.4 Å². The first-order chi connectivity index (χ1) is 15.6. The van der Waals surface area contributed by atoms with E-state index >= 15 is 0 Å². The van der Waals surface area contributed by atoms with Crippen LogP contribution in [0, 0.1) is 5.13 Å². The van der Waals surface area contributed by atoms with Gasteiger partial charge in [-0.15, -0.1) is 11.3 Å². The van der Waals surface area contributed by atoms with Crippen LogP contribution in [-0.4, -0.2) is 20.2 Å². The van der Waals surface area contributed by atoms with E-state index in [9.17, 15) is 4.39 Å². The van der Waals surface area contributed by atoms with Gasteiger partial charge in [0, 0.05) is 44.2 Å². The average molecular weight is 442 g/mol. The molecule has 0 aliphatic carbocycles. The summed E-state index contributed by atoms with van der Waals surface area (Å²) in [4.78, 5) is 8.87. The fourth-order valence-electron chi connectivity index (χ4n) is 3.80. The average Bonchev–Trinajstić information content (AvgIpc) is 3.53. The minimum Gasteiger partial charge on any atom is -0.399 e. The number of aromatic amines is 2. The Bertz CT molecular complexity index is 1530. The molecule has 0 atom stereocenters. The Morgan fingerprint density at radius 2 is 2.06 bits per heavy atom. The summed E-state index contributed by atoms with van der Waals surface area (Å²) >= 11 is 1.14. The van der Waals surface area contributed by atoms with Gasteiger partial charge in [-0.1, -0.05) is 24.8 Å². The van der Waals surface area contributed by atoms with Gasteiger partial charge in [-0.3, -0.25) is 5.10 Å². The van der Waals surface area contributed by atoms with Crippen LogP contribution in [0.4, 0.5) is 4.39 Å².